The van der Waals surface area contributed by atoms with Crippen LogP contribution >= 0.6 is 15.2 Å². The smallest absolute Gasteiger partial charge is 0.368 e. The normalized spacial score (nSPS) is 13.1. The first-order valence-corrected chi connectivity index (χ1v) is 11.6. The van der Waals surface area contributed by atoms with Gasteiger partial charge in [0.15, 0.2) is 0 Å². The van der Waals surface area contributed by atoms with E-state index >= 15 is 0 Å². The van der Waals surface area contributed by atoms with Crippen LogP contribution in [-0.2, 0) is 28.5 Å². The topological polar surface area (TPSA) is 153 Å². The second-order valence-electron chi connectivity index (χ2n) is 6.43. The van der Waals surface area contributed by atoms with E-state index in [2.05, 4.69) is 4.98 Å². The maximum absolute atomic E-state index is 11.5. The first-order chi connectivity index (χ1) is 12.5. The molecule has 0 aromatic carbocycles. The Morgan fingerprint density at radius 3 is 2.30 bits per heavy atom. The molecule has 0 unspecified atom stereocenters. The summed E-state index contributed by atoms with van der Waals surface area (Å²) in [4.78, 5) is 41.3. The Labute approximate surface area is 157 Å². The van der Waals surface area contributed by atoms with Crippen molar-refractivity contribution >= 4 is 15.2 Å². The van der Waals surface area contributed by atoms with Gasteiger partial charge in [0.2, 0.25) is 0 Å². The van der Waals surface area contributed by atoms with E-state index in [1.54, 1.807) is 19.3 Å². The van der Waals surface area contributed by atoms with Gasteiger partial charge >= 0.3 is 15.2 Å². The minimum Gasteiger partial charge on any atom is -0.368 e. The van der Waals surface area contributed by atoms with E-state index in [0.717, 1.165) is 24.1 Å². The molecule has 0 radical (unpaired) electrons. The van der Waals surface area contributed by atoms with Crippen LogP contribution in [-0.4, -0.2) is 39.3 Å². The van der Waals surface area contributed by atoms with Crippen molar-refractivity contribution in [2.45, 2.75) is 44.2 Å². The highest BCUT2D eigenvalue weighted by Gasteiger charge is 2.58. The molecule has 0 amide bonds. The van der Waals surface area contributed by atoms with Crippen molar-refractivity contribution < 1.29 is 33.8 Å². The largest absolute Gasteiger partial charge is 0.369 e. The molecule has 0 saturated carbocycles. The molecule has 0 saturated heterocycles. The minimum absolute atomic E-state index is 0.0882. The number of hydrogen-bond acceptors (Lipinski definition) is 4. The predicted octanol–water partition coefficient (Wildman–Crippen LogP) is 1.76. The van der Waals surface area contributed by atoms with Gasteiger partial charge in [-0.15, -0.1) is 0 Å². The fourth-order valence-electron chi connectivity index (χ4n) is 2.89. The number of rotatable bonds is 9. The van der Waals surface area contributed by atoms with E-state index in [1.807, 2.05) is 28.8 Å². The Bertz CT molecular complexity index is 835. The van der Waals surface area contributed by atoms with Gasteiger partial charge in [-0.3, -0.25) is 14.1 Å². The standard InChI is InChI=1S/C16H24N2O7P2/c1-13-8-12-18(11-4-6-14-5-2-3-10-17-14)15(13)7-9-16(19,26(20,21)22)27(23,24)25/h2-3,5,8,10,12,19H,4,6-7,9,11H2,1H3,(H2,20,21,22)(H2,23,24,25). The Balaban J connectivity index is 2.10. The van der Waals surface area contributed by atoms with Crippen LogP contribution in [0.15, 0.2) is 36.7 Å². The summed E-state index contributed by atoms with van der Waals surface area (Å²) in [7, 11) is -10.9. The second-order valence-corrected chi connectivity index (χ2v) is 10.4. The molecular formula is C16H24N2O7P2. The van der Waals surface area contributed by atoms with Gasteiger partial charge in [-0.05, 0) is 49.9 Å². The number of nitrogens with zero attached hydrogens (tertiary/aromatic N) is 2. The average Bonchev–Trinajstić information content (AvgIpc) is 2.91. The lowest BCUT2D eigenvalue weighted by atomic mass is 10.1. The molecule has 150 valence electrons. The number of aromatic nitrogens is 2. The third kappa shape index (κ3) is 5.15. The third-order valence-corrected chi connectivity index (χ3v) is 8.37. The predicted molar refractivity (Wildman–Crippen MR) is 99.1 cm³/mol. The molecule has 0 aliphatic rings. The van der Waals surface area contributed by atoms with Crippen LogP contribution in [0, 0.1) is 6.92 Å². The number of aliphatic hydroxyl groups is 1. The molecule has 0 atom stereocenters. The van der Waals surface area contributed by atoms with Gasteiger partial charge in [0, 0.05) is 36.7 Å². The molecule has 0 spiro atoms. The molecule has 11 heteroatoms. The lowest BCUT2D eigenvalue weighted by Crippen LogP contribution is -2.29. The highest BCUT2D eigenvalue weighted by Crippen LogP contribution is 2.69. The third-order valence-electron chi connectivity index (χ3n) is 4.49. The molecule has 2 aromatic rings. The van der Waals surface area contributed by atoms with E-state index in [1.165, 1.54) is 0 Å². The van der Waals surface area contributed by atoms with Gasteiger partial charge in [-0.25, -0.2) is 0 Å². The number of aryl methyl sites for hydroxylation is 3. The van der Waals surface area contributed by atoms with E-state index in [4.69, 9.17) is 0 Å². The highest BCUT2D eigenvalue weighted by molar-refractivity contribution is 7.72. The zero-order chi connectivity index (χ0) is 20.3. The van der Waals surface area contributed by atoms with Crippen LogP contribution in [0.5, 0.6) is 0 Å². The summed E-state index contributed by atoms with van der Waals surface area (Å²) in [6, 6.07) is 7.46. The summed E-state index contributed by atoms with van der Waals surface area (Å²) in [5, 5.41) is 6.65. The monoisotopic (exact) mass is 418 g/mol. The van der Waals surface area contributed by atoms with Crippen molar-refractivity contribution in [1.82, 2.24) is 9.55 Å². The summed E-state index contributed by atoms with van der Waals surface area (Å²) in [5.41, 5.74) is 2.42. The molecule has 0 fully saturated rings. The van der Waals surface area contributed by atoms with Crippen molar-refractivity contribution in [2.24, 2.45) is 0 Å². The maximum Gasteiger partial charge on any atom is 0.369 e. The van der Waals surface area contributed by atoms with Crippen molar-refractivity contribution in [2.75, 3.05) is 0 Å². The minimum atomic E-state index is -5.44. The highest BCUT2D eigenvalue weighted by atomic mass is 31.2. The van der Waals surface area contributed by atoms with Crippen LogP contribution in [0.25, 0.3) is 0 Å². The SMILES string of the molecule is Cc1ccn(CCCc2ccccn2)c1CCC(O)(P(=O)(O)O)P(=O)(O)O. The molecule has 2 aromatic heterocycles. The first-order valence-electron chi connectivity index (χ1n) is 8.34. The maximum atomic E-state index is 11.5. The van der Waals surface area contributed by atoms with Crippen LogP contribution in [0.1, 0.15) is 29.8 Å². The fourth-order valence-corrected chi connectivity index (χ4v) is 5.05. The summed E-state index contributed by atoms with van der Waals surface area (Å²) in [6.07, 6.45) is 4.18. The van der Waals surface area contributed by atoms with E-state index in [9.17, 15) is 33.8 Å². The first kappa shape index (κ1) is 22.0. The lowest BCUT2D eigenvalue weighted by molar-refractivity contribution is 0.123. The Kier molecular flexibility index (Phi) is 6.81. The summed E-state index contributed by atoms with van der Waals surface area (Å²) < 4.78 is 24.9. The Morgan fingerprint density at radius 2 is 1.74 bits per heavy atom. The molecular weight excluding hydrogens is 394 g/mol. The molecule has 2 heterocycles. The number of pyridine rings is 1. The summed E-state index contributed by atoms with van der Waals surface area (Å²) in [6.45, 7) is 2.39. The van der Waals surface area contributed by atoms with Crippen molar-refractivity contribution in [3.05, 3.63) is 53.6 Å². The molecule has 0 bridgehead atoms. The van der Waals surface area contributed by atoms with Crippen LogP contribution in [0.2, 0.25) is 0 Å². The molecule has 0 aliphatic heterocycles. The van der Waals surface area contributed by atoms with Crippen molar-refractivity contribution in [1.29, 1.82) is 0 Å². The summed E-state index contributed by atoms with van der Waals surface area (Å²) in [5.74, 6) is 0. The van der Waals surface area contributed by atoms with Gasteiger partial charge in [-0.1, -0.05) is 6.07 Å². The van der Waals surface area contributed by atoms with Gasteiger partial charge in [0.25, 0.3) is 5.08 Å². The van der Waals surface area contributed by atoms with Gasteiger partial charge in [0.05, 0.1) is 0 Å². The van der Waals surface area contributed by atoms with E-state index in [-0.39, 0.29) is 6.42 Å². The molecule has 5 N–H and O–H groups in total. The van der Waals surface area contributed by atoms with Gasteiger partial charge in [-0.2, -0.15) is 0 Å². The quantitative estimate of drug-likeness (QED) is 0.386. The van der Waals surface area contributed by atoms with Crippen LogP contribution in [0.3, 0.4) is 0 Å². The van der Waals surface area contributed by atoms with Crippen LogP contribution < -0.4 is 0 Å². The van der Waals surface area contributed by atoms with E-state index < -0.39 is 26.7 Å². The van der Waals surface area contributed by atoms with Crippen molar-refractivity contribution in [3.63, 3.8) is 0 Å². The fraction of sp³-hybridized carbons (Fsp3) is 0.438. The Hall–Kier alpha value is -1.31. The lowest BCUT2D eigenvalue weighted by Gasteiger charge is -2.29. The average molecular weight is 418 g/mol. The molecule has 2 rings (SSSR count). The van der Waals surface area contributed by atoms with Gasteiger partial charge in [0.1, 0.15) is 0 Å². The van der Waals surface area contributed by atoms with E-state index in [0.29, 0.717) is 12.2 Å². The molecule has 9 nitrogen and oxygen atoms in total. The Morgan fingerprint density at radius 1 is 1.07 bits per heavy atom. The zero-order valence-corrected chi connectivity index (χ0v) is 16.6. The molecule has 0 aliphatic carbocycles. The van der Waals surface area contributed by atoms with Gasteiger partial charge < -0.3 is 29.2 Å². The zero-order valence-electron chi connectivity index (χ0n) is 14.8. The number of hydrogen-bond donors (Lipinski definition) is 5. The van der Waals surface area contributed by atoms with Crippen LogP contribution in [0.4, 0.5) is 0 Å². The second kappa shape index (κ2) is 8.37. The molecule has 27 heavy (non-hydrogen) atoms. The van der Waals surface area contributed by atoms with Crippen molar-refractivity contribution in [3.8, 4) is 0 Å². The summed E-state index contributed by atoms with van der Waals surface area (Å²) >= 11 is 0.